The standard InChI is InChI=1S/C45H26O/c1-2-12-31-27(10-1)21-23-39-44(31)35-22-20-28(26-40(35)45(39)37-16-6-3-13-32(37)33-14-4-7-17-38(33)45)30-24-29-11-9-19-42-43(29)36(25-30)34-15-5-8-18-41(34)46-42/h1-26H. The summed E-state index contributed by atoms with van der Waals surface area (Å²) in [7, 11) is 0. The van der Waals surface area contributed by atoms with Gasteiger partial charge < -0.3 is 4.74 Å². The molecule has 0 unspecified atom stereocenters. The van der Waals surface area contributed by atoms with Crippen molar-refractivity contribution in [2.75, 3.05) is 0 Å². The van der Waals surface area contributed by atoms with E-state index in [9.17, 15) is 0 Å². The minimum Gasteiger partial charge on any atom is -0.456 e. The number of rotatable bonds is 1. The molecule has 1 spiro atoms. The smallest absolute Gasteiger partial charge is 0.135 e. The molecule has 1 heterocycles. The molecule has 212 valence electrons. The van der Waals surface area contributed by atoms with Crippen molar-refractivity contribution in [2.45, 2.75) is 5.41 Å². The Bertz CT molecular complexity index is 2580. The number of fused-ring (bicyclic) bond motifs is 14. The van der Waals surface area contributed by atoms with Crippen LogP contribution in [0.5, 0.6) is 11.5 Å². The van der Waals surface area contributed by atoms with E-state index in [1.807, 2.05) is 6.07 Å². The predicted octanol–water partition coefficient (Wildman–Crippen LogP) is 11.8. The van der Waals surface area contributed by atoms with Gasteiger partial charge in [-0.05, 0) is 108 Å². The molecule has 0 fully saturated rings. The molecule has 8 aromatic carbocycles. The molecule has 1 aliphatic heterocycles. The molecule has 0 radical (unpaired) electrons. The van der Waals surface area contributed by atoms with Crippen LogP contribution in [0.4, 0.5) is 0 Å². The lowest BCUT2D eigenvalue weighted by molar-refractivity contribution is 0.487. The van der Waals surface area contributed by atoms with Crippen LogP contribution in [0.25, 0.3) is 66.1 Å². The van der Waals surface area contributed by atoms with E-state index in [2.05, 4.69) is 152 Å². The Balaban J connectivity index is 1.24. The molecule has 0 N–H and O–H groups in total. The van der Waals surface area contributed by atoms with Gasteiger partial charge in [0.25, 0.3) is 0 Å². The zero-order valence-corrected chi connectivity index (χ0v) is 24.9. The molecule has 0 saturated carbocycles. The zero-order valence-electron chi connectivity index (χ0n) is 24.9. The van der Waals surface area contributed by atoms with Crippen molar-refractivity contribution >= 4 is 21.5 Å². The number of hydrogen-bond acceptors (Lipinski definition) is 1. The Labute approximate surface area is 267 Å². The minimum absolute atomic E-state index is 0.392. The zero-order chi connectivity index (χ0) is 30.0. The van der Waals surface area contributed by atoms with Gasteiger partial charge in [0.1, 0.15) is 11.5 Å². The average molecular weight is 583 g/mol. The van der Waals surface area contributed by atoms with Gasteiger partial charge in [-0.25, -0.2) is 0 Å². The van der Waals surface area contributed by atoms with Crippen molar-refractivity contribution in [2.24, 2.45) is 0 Å². The SMILES string of the molecule is c1ccc2c(c1)Oc1cccc3cc(-c4ccc5c(c4)C4(c6ccccc6-c6ccccc64)c4ccc6ccccc6c4-5)cc-2c13. The highest BCUT2D eigenvalue weighted by Crippen LogP contribution is 2.64. The van der Waals surface area contributed by atoms with Gasteiger partial charge >= 0.3 is 0 Å². The third-order valence-electron chi connectivity index (χ3n) is 10.6. The Morgan fingerprint density at radius 2 is 1.07 bits per heavy atom. The summed E-state index contributed by atoms with van der Waals surface area (Å²) in [5.74, 6) is 1.83. The van der Waals surface area contributed by atoms with E-state index < -0.39 is 5.41 Å². The van der Waals surface area contributed by atoms with Crippen molar-refractivity contribution in [1.29, 1.82) is 0 Å². The molecule has 0 amide bonds. The molecule has 46 heavy (non-hydrogen) atoms. The van der Waals surface area contributed by atoms with Gasteiger partial charge in [-0.2, -0.15) is 0 Å². The average Bonchev–Trinajstić information content (AvgIpc) is 3.59. The van der Waals surface area contributed by atoms with E-state index in [0.717, 1.165) is 17.1 Å². The largest absolute Gasteiger partial charge is 0.456 e. The van der Waals surface area contributed by atoms with Crippen LogP contribution >= 0.6 is 0 Å². The van der Waals surface area contributed by atoms with Crippen LogP contribution in [0.2, 0.25) is 0 Å². The van der Waals surface area contributed by atoms with E-state index in [1.54, 1.807) is 0 Å². The van der Waals surface area contributed by atoms with Crippen molar-refractivity contribution < 1.29 is 4.74 Å². The summed E-state index contributed by atoms with van der Waals surface area (Å²) >= 11 is 0. The summed E-state index contributed by atoms with van der Waals surface area (Å²) in [6.07, 6.45) is 0. The van der Waals surface area contributed by atoms with E-state index in [4.69, 9.17) is 4.74 Å². The van der Waals surface area contributed by atoms with Gasteiger partial charge in [0.2, 0.25) is 0 Å². The van der Waals surface area contributed by atoms with Crippen LogP contribution < -0.4 is 4.74 Å². The predicted molar refractivity (Wildman–Crippen MR) is 189 cm³/mol. The van der Waals surface area contributed by atoms with E-state index in [0.29, 0.717) is 0 Å². The number of para-hydroxylation sites is 1. The molecule has 8 aromatic rings. The molecule has 1 heteroatoms. The first-order valence-electron chi connectivity index (χ1n) is 16.0. The number of ether oxygens (including phenoxy) is 1. The Morgan fingerprint density at radius 3 is 1.91 bits per heavy atom. The molecular formula is C45H26O. The van der Waals surface area contributed by atoms with Crippen LogP contribution in [-0.2, 0) is 5.41 Å². The fourth-order valence-corrected chi connectivity index (χ4v) is 8.84. The molecule has 3 aliphatic rings. The molecule has 0 atom stereocenters. The highest BCUT2D eigenvalue weighted by molar-refractivity contribution is 6.08. The van der Waals surface area contributed by atoms with Gasteiger partial charge in [-0.3, -0.25) is 0 Å². The highest BCUT2D eigenvalue weighted by Gasteiger charge is 2.52. The van der Waals surface area contributed by atoms with Gasteiger partial charge in [0.05, 0.1) is 5.41 Å². The fraction of sp³-hybridized carbons (Fsp3) is 0.0222. The molecule has 11 rings (SSSR count). The molecule has 0 bridgehead atoms. The van der Waals surface area contributed by atoms with Gasteiger partial charge in [0, 0.05) is 10.9 Å². The Morgan fingerprint density at radius 1 is 0.370 bits per heavy atom. The number of hydrogen-bond donors (Lipinski definition) is 0. The second-order valence-corrected chi connectivity index (χ2v) is 12.8. The van der Waals surface area contributed by atoms with Crippen molar-refractivity contribution in [3.63, 3.8) is 0 Å². The molecule has 0 saturated heterocycles. The first-order valence-corrected chi connectivity index (χ1v) is 16.0. The van der Waals surface area contributed by atoms with Crippen LogP contribution in [0.1, 0.15) is 22.3 Å². The third kappa shape index (κ3) is 2.91. The van der Waals surface area contributed by atoms with Gasteiger partial charge in [0.15, 0.2) is 0 Å². The second-order valence-electron chi connectivity index (χ2n) is 12.8. The van der Waals surface area contributed by atoms with Gasteiger partial charge in [-0.1, -0.05) is 127 Å². The Hall–Kier alpha value is -5.92. The maximum Gasteiger partial charge on any atom is 0.135 e. The number of benzene rings is 8. The summed E-state index contributed by atoms with van der Waals surface area (Å²) in [5, 5.41) is 4.96. The summed E-state index contributed by atoms with van der Waals surface area (Å²) in [4.78, 5) is 0. The van der Waals surface area contributed by atoms with Crippen LogP contribution in [0, 0.1) is 0 Å². The van der Waals surface area contributed by atoms with Crippen molar-refractivity contribution in [3.05, 3.63) is 180 Å². The quantitative estimate of drug-likeness (QED) is 0.187. The lowest BCUT2D eigenvalue weighted by Gasteiger charge is -2.31. The highest BCUT2D eigenvalue weighted by atomic mass is 16.5. The van der Waals surface area contributed by atoms with Crippen LogP contribution in [-0.4, -0.2) is 0 Å². The summed E-state index contributed by atoms with van der Waals surface area (Å²) in [6.45, 7) is 0. The second kappa shape index (κ2) is 8.62. The Kier molecular flexibility index (Phi) is 4.57. The molecular weight excluding hydrogens is 556 g/mol. The molecule has 1 nitrogen and oxygen atoms in total. The topological polar surface area (TPSA) is 9.23 Å². The molecule has 2 aliphatic carbocycles. The third-order valence-corrected chi connectivity index (χ3v) is 10.6. The maximum atomic E-state index is 6.36. The van der Waals surface area contributed by atoms with E-state index in [1.165, 1.54) is 82.7 Å². The minimum atomic E-state index is -0.392. The van der Waals surface area contributed by atoms with E-state index in [-0.39, 0.29) is 0 Å². The first-order chi connectivity index (χ1) is 22.8. The summed E-state index contributed by atoms with van der Waals surface area (Å²) in [6, 6.07) is 58.4. The van der Waals surface area contributed by atoms with Crippen molar-refractivity contribution in [1.82, 2.24) is 0 Å². The summed E-state index contributed by atoms with van der Waals surface area (Å²) in [5.41, 5.74) is 15.2. The first kappa shape index (κ1) is 24.4. The van der Waals surface area contributed by atoms with E-state index >= 15 is 0 Å². The summed E-state index contributed by atoms with van der Waals surface area (Å²) < 4.78 is 6.36. The van der Waals surface area contributed by atoms with Crippen LogP contribution in [0.15, 0.2) is 158 Å². The van der Waals surface area contributed by atoms with Gasteiger partial charge in [-0.15, -0.1) is 0 Å². The lowest BCUT2D eigenvalue weighted by Crippen LogP contribution is -2.25. The normalized spacial score (nSPS) is 14.0. The molecule has 0 aromatic heterocycles. The monoisotopic (exact) mass is 582 g/mol. The fourth-order valence-electron chi connectivity index (χ4n) is 8.84. The maximum absolute atomic E-state index is 6.36. The van der Waals surface area contributed by atoms with Crippen molar-refractivity contribution in [3.8, 4) is 56.0 Å². The lowest BCUT2D eigenvalue weighted by atomic mass is 9.70. The van der Waals surface area contributed by atoms with Crippen LogP contribution in [0.3, 0.4) is 0 Å².